The second kappa shape index (κ2) is 8.70. The zero-order valence-corrected chi connectivity index (χ0v) is 16.0. The van der Waals surface area contributed by atoms with Gasteiger partial charge in [0.2, 0.25) is 5.91 Å². The second-order valence-electron chi connectivity index (χ2n) is 6.94. The molecule has 0 aromatic heterocycles. The highest BCUT2D eigenvalue weighted by molar-refractivity contribution is 5.76. The highest BCUT2D eigenvalue weighted by Gasteiger charge is 2.09. The largest absolute Gasteiger partial charge is 0.491 e. The molecule has 0 saturated carbocycles. The van der Waals surface area contributed by atoms with Crippen molar-refractivity contribution < 1.29 is 9.53 Å². The second-order valence-corrected chi connectivity index (χ2v) is 6.94. The van der Waals surface area contributed by atoms with Crippen molar-refractivity contribution in [3.8, 4) is 5.75 Å². The topological polar surface area (TPSA) is 38.3 Å². The van der Waals surface area contributed by atoms with Crippen LogP contribution in [0.3, 0.4) is 0 Å². The lowest BCUT2D eigenvalue weighted by molar-refractivity contribution is -0.121. The summed E-state index contributed by atoms with van der Waals surface area (Å²) in [7, 11) is 0. The van der Waals surface area contributed by atoms with Crippen LogP contribution in [-0.4, -0.2) is 18.6 Å². The van der Waals surface area contributed by atoms with Gasteiger partial charge in [-0.1, -0.05) is 24.3 Å². The van der Waals surface area contributed by atoms with E-state index < -0.39 is 0 Å². The van der Waals surface area contributed by atoms with Crippen LogP contribution in [0, 0.1) is 27.7 Å². The van der Waals surface area contributed by atoms with Gasteiger partial charge < -0.3 is 10.1 Å². The molecule has 1 atom stereocenters. The molecule has 3 nitrogen and oxygen atoms in total. The maximum Gasteiger partial charge on any atom is 0.220 e. The minimum atomic E-state index is -0.0196. The van der Waals surface area contributed by atoms with E-state index in [0.29, 0.717) is 13.0 Å². The summed E-state index contributed by atoms with van der Waals surface area (Å²) in [6.45, 7) is 10.8. The first-order chi connectivity index (χ1) is 11.8. The Bertz CT molecular complexity index is 737. The molecule has 0 spiro atoms. The van der Waals surface area contributed by atoms with Gasteiger partial charge in [-0.15, -0.1) is 0 Å². The Hall–Kier alpha value is -2.29. The first-order valence-corrected chi connectivity index (χ1v) is 8.90. The van der Waals surface area contributed by atoms with E-state index >= 15 is 0 Å². The van der Waals surface area contributed by atoms with Gasteiger partial charge in [0.1, 0.15) is 12.4 Å². The van der Waals surface area contributed by atoms with Gasteiger partial charge in [-0.3, -0.25) is 4.79 Å². The van der Waals surface area contributed by atoms with Gasteiger partial charge in [0.05, 0.1) is 6.04 Å². The van der Waals surface area contributed by atoms with Crippen LogP contribution in [0.4, 0.5) is 0 Å². The van der Waals surface area contributed by atoms with Crippen LogP contribution in [0.1, 0.15) is 41.2 Å². The average Bonchev–Trinajstić information content (AvgIpc) is 2.57. The molecular weight excluding hydrogens is 310 g/mol. The standard InChI is InChI=1S/C22H29NO2/c1-15-6-8-20(12-17(15)3)9-11-22(24)23-19(5)14-25-21-10-7-16(2)18(4)13-21/h6-8,10,12-13,19H,9,11,14H2,1-5H3,(H,23,24). The van der Waals surface area contributed by atoms with E-state index in [1.165, 1.54) is 27.8 Å². The van der Waals surface area contributed by atoms with Crippen molar-refractivity contribution in [2.45, 2.75) is 53.5 Å². The fourth-order valence-corrected chi connectivity index (χ4v) is 2.63. The van der Waals surface area contributed by atoms with Gasteiger partial charge in [0.15, 0.2) is 0 Å². The van der Waals surface area contributed by atoms with Crippen molar-refractivity contribution in [3.05, 3.63) is 64.2 Å². The molecule has 134 valence electrons. The SMILES string of the molecule is Cc1ccc(CCC(=O)NC(C)COc2ccc(C)c(C)c2)cc1C. The molecule has 0 heterocycles. The predicted octanol–water partition coefficient (Wildman–Crippen LogP) is 4.44. The number of benzene rings is 2. The molecule has 0 bridgehead atoms. The van der Waals surface area contributed by atoms with Crippen molar-refractivity contribution >= 4 is 5.91 Å². The monoisotopic (exact) mass is 339 g/mol. The number of amides is 1. The normalized spacial score (nSPS) is 11.9. The Morgan fingerprint density at radius 2 is 1.60 bits per heavy atom. The maximum atomic E-state index is 12.1. The lowest BCUT2D eigenvalue weighted by Gasteiger charge is -2.16. The summed E-state index contributed by atoms with van der Waals surface area (Å²) in [5.74, 6) is 0.911. The third kappa shape index (κ3) is 5.93. The number of ether oxygens (including phenoxy) is 1. The number of nitrogens with one attached hydrogen (secondary N) is 1. The van der Waals surface area contributed by atoms with Gasteiger partial charge in [-0.05, 0) is 81.0 Å². The molecule has 3 heteroatoms. The Morgan fingerprint density at radius 1 is 0.960 bits per heavy atom. The Labute approximate surface area is 151 Å². The van der Waals surface area contributed by atoms with Crippen LogP contribution in [-0.2, 0) is 11.2 Å². The van der Waals surface area contributed by atoms with Crippen molar-refractivity contribution in [2.24, 2.45) is 0 Å². The highest BCUT2D eigenvalue weighted by Crippen LogP contribution is 2.16. The summed E-state index contributed by atoms with van der Waals surface area (Å²) in [4.78, 5) is 12.1. The molecule has 1 unspecified atom stereocenters. The first kappa shape index (κ1) is 19.0. The summed E-state index contributed by atoms with van der Waals surface area (Å²) in [6.07, 6.45) is 1.26. The van der Waals surface area contributed by atoms with Crippen molar-refractivity contribution in [1.82, 2.24) is 5.32 Å². The van der Waals surface area contributed by atoms with Crippen LogP contribution in [0.15, 0.2) is 36.4 Å². The molecule has 0 aliphatic carbocycles. The molecule has 25 heavy (non-hydrogen) atoms. The number of carbonyl (C=O) groups excluding carboxylic acids is 1. The van der Waals surface area contributed by atoms with Crippen LogP contribution >= 0.6 is 0 Å². The maximum absolute atomic E-state index is 12.1. The average molecular weight is 339 g/mol. The van der Waals surface area contributed by atoms with Crippen molar-refractivity contribution in [3.63, 3.8) is 0 Å². The lowest BCUT2D eigenvalue weighted by Crippen LogP contribution is -2.36. The Morgan fingerprint density at radius 3 is 2.24 bits per heavy atom. The fraction of sp³-hybridized carbons (Fsp3) is 0.409. The van der Waals surface area contributed by atoms with E-state index in [1.54, 1.807) is 0 Å². The van der Waals surface area contributed by atoms with Gasteiger partial charge in [0.25, 0.3) is 0 Å². The van der Waals surface area contributed by atoms with E-state index in [-0.39, 0.29) is 11.9 Å². The predicted molar refractivity (Wildman–Crippen MR) is 103 cm³/mol. The quantitative estimate of drug-likeness (QED) is 0.810. The summed E-state index contributed by atoms with van der Waals surface area (Å²) in [5, 5.41) is 3.01. The van der Waals surface area contributed by atoms with E-state index in [1.807, 2.05) is 19.1 Å². The minimum Gasteiger partial charge on any atom is -0.491 e. The molecule has 2 aromatic carbocycles. The fourth-order valence-electron chi connectivity index (χ4n) is 2.63. The molecule has 0 radical (unpaired) electrons. The molecule has 1 amide bonds. The molecule has 0 saturated heterocycles. The first-order valence-electron chi connectivity index (χ1n) is 8.90. The number of hydrogen-bond acceptors (Lipinski definition) is 2. The van der Waals surface area contributed by atoms with Gasteiger partial charge in [-0.25, -0.2) is 0 Å². The summed E-state index contributed by atoms with van der Waals surface area (Å²) in [5.41, 5.74) is 6.22. The molecule has 2 aromatic rings. The summed E-state index contributed by atoms with van der Waals surface area (Å²) in [6, 6.07) is 12.4. The van der Waals surface area contributed by atoms with Gasteiger partial charge in [0, 0.05) is 6.42 Å². The van der Waals surface area contributed by atoms with Crippen LogP contribution in [0.2, 0.25) is 0 Å². The Kier molecular flexibility index (Phi) is 6.63. The number of hydrogen-bond donors (Lipinski definition) is 1. The molecule has 0 fully saturated rings. The summed E-state index contributed by atoms with van der Waals surface area (Å²) < 4.78 is 5.78. The van der Waals surface area contributed by atoms with E-state index in [9.17, 15) is 4.79 Å². The molecule has 1 N–H and O–H groups in total. The number of carbonyl (C=O) groups is 1. The molecule has 2 rings (SSSR count). The molecule has 0 aliphatic heterocycles. The van der Waals surface area contributed by atoms with E-state index in [4.69, 9.17) is 4.74 Å². The Balaban J connectivity index is 1.75. The zero-order chi connectivity index (χ0) is 18.4. The highest BCUT2D eigenvalue weighted by atomic mass is 16.5. The minimum absolute atomic E-state index is 0.0196. The van der Waals surface area contributed by atoms with Crippen LogP contribution < -0.4 is 10.1 Å². The van der Waals surface area contributed by atoms with E-state index in [0.717, 1.165) is 12.2 Å². The van der Waals surface area contributed by atoms with Gasteiger partial charge in [-0.2, -0.15) is 0 Å². The smallest absolute Gasteiger partial charge is 0.220 e. The van der Waals surface area contributed by atoms with Crippen LogP contribution in [0.25, 0.3) is 0 Å². The third-order valence-corrected chi connectivity index (χ3v) is 4.60. The zero-order valence-electron chi connectivity index (χ0n) is 16.0. The van der Waals surface area contributed by atoms with Crippen molar-refractivity contribution in [2.75, 3.05) is 6.61 Å². The molecule has 0 aliphatic rings. The van der Waals surface area contributed by atoms with Crippen molar-refractivity contribution in [1.29, 1.82) is 0 Å². The number of rotatable bonds is 7. The van der Waals surface area contributed by atoms with Crippen LogP contribution in [0.5, 0.6) is 5.75 Å². The third-order valence-electron chi connectivity index (χ3n) is 4.60. The van der Waals surface area contributed by atoms with E-state index in [2.05, 4.69) is 57.3 Å². The number of aryl methyl sites for hydroxylation is 5. The van der Waals surface area contributed by atoms with Gasteiger partial charge >= 0.3 is 0 Å². The molecular formula is C22H29NO2. The lowest BCUT2D eigenvalue weighted by atomic mass is 10.0. The summed E-state index contributed by atoms with van der Waals surface area (Å²) >= 11 is 0.